The van der Waals surface area contributed by atoms with Crippen molar-refractivity contribution >= 4 is 22.7 Å². The van der Waals surface area contributed by atoms with Gasteiger partial charge < -0.3 is 9.73 Å². The molecule has 0 fully saturated rings. The van der Waals surface area contributed by atoms with Crippen molar-refractivity contribution < 1.29 is 18.0 Å². The Kier molecular flexibility index (Phi) is 4.61. The molecule has 0 aliphatic rings. The number of hydrogen-bond donors (Lipinski definition) is 1. The summed E-state index contributed by atoms with van der Waals surface area (Å²) >= 11 is 0. The number of nitrogens with one attached hydrogen (secondary N) is 1. The first-order valence-corrected chi connectivity index (χ1v) is 8.88. The van der Waals surface area contributed by atoms with Crippen LogP contribution in [0.5, 0.6) is 0 Å². The van der Waals surface area contributed by atoms with Gasteiger partial charge in [0.2, 0.25) is 0 Å². The van der Waals surface area contributed by atoms with Gasteiger partial charge in [-0.3, -0.25) is 9.36 Å². The first kappa shape index (κ1) is 18.8. The van der Waals surface area contributed by atoms with Crippen LogP contribution in [0.1, 0.15) is 35.1 Å². The van der Waals surface area contributed by atoms with Crippen LogP contribution in [-0.4, -0.2) is 31.1 Å². The molecule has 4 rings (SSSR count). The van der Waals surface area contributed by atoms with Gasteiger partial charge in [0, 0.05) is 18.3 Å². The number of benzene rings is 1. The van der Waals surface area contributed by atoms with Crippen molar-refractivity contribution in [3.63, 3.8) is 0 Å². The first-order chi connectivity index (χ1) is 13.8. The predicted molar refractivity (Wildman–Crippen MR) is 100 cm³/mol. The van der Waals surface area contributed by atoms with Crippen LogP contribution in [0.3, 0.4) is 0 Å². The standard InChI is InChI=1S/C19H17F2N5O3/c1-10-7-14(16(20)21)26-17(23-10)12(8-22-26)18(27)24-11(2)9-25-13-5-3-4-6-15(13)29-19(25)28/h3-8,11,16H,9H2,1-2H3,(H,24,27)/t11-/m1/s1. The molecule has 1 atom stereocenters. The number of amides is 1. The van der Waals surface area contributed by atoms with Crippen LogP contribution in [0, 0.1) is 6.92 Å². The van der Waals surface area contributed by atoms with E-state index >= 15 is 0 Å². The number of fused-ring (bicyclic) bond motifs is 2. The summed E-state index contributed by atoms with van der Waals surface area (Å²) in [5, 5.41) is 6.63. The van der Waals surface area contributed by atoms with Crippen LogP contribution in [-0.2, 0) is 6.54 Å². The minimum atomic E-state index is -2.75. The van der Waals surface area contributed by atoms with Crippen LogP contribution in [0.25, 0.3) is 16.7 Å². The summed E-state index contributed by atoms with van der Waals surface area (Å²) in [5.74, 6) is -1.05. The minimum Gasteiger partial charge on any atom is -0.408 e. The topological polar surface area (TPSA) is 94.4 Å². The molecule has 1 amide bonds. The van der Waals surface area contributed by atoms with E-state index in [2.05, 4.69) is 15.4 Å². The number of aryl methyl sites for hydroxylation is 1. The van der Waals surface area contributed by atoms with Crippen LogP contribution in [0.2, 0.25) is 0 Å². The quantitative estimate of drug-likeness (QED) is 0.555. The third kappa shape index (κ3) is 3.37. The van der Waals surface area contributed by atoms with Gasteiger partial charge in [0.25, 0.3) is 12.3 Å². The molecule has 10 heteroatoms. The van der Waals surface area contributed by atoms with Crippen molar-refractivity contribution in [3.05, 3.63) is 64.0 Å². The lowest BCUT2D eigenvalue weighted by molar-refractivity contribution is 0.0937. The van der Waals surface area contributed by atoms with Crippen LogP contribution in [0.15, 0.2) is 45.7 Å². The number of carbonyl (C=O) groups excluding carboxylic acids is 1. The summed E-state index contributed by atoms with van der Waals surface area (Å²) in [6.07, 6.45) is -1.55. The van der Waals surface area contributed by atoms with E-state index in [-0.39, 0.29) is 23.4 Å². The van der Waals surface area contributed by atoms with E-state index in [1.165, 1.54) is 16.8 Å². The lowest BCUT2D eigenvalue weighted by atomic mass is 10.2. The maximum atomic E-state index is 13.2. The Labute approximate surface area is 162 Å². The number of halogens is 2. The molecule has 4 aromatic rings. The van der Waals surface area contributed by atoms with E-state index in [1.54, 1.807) is 38.1 Å². The fraction of sp³-hybridized carbons (Fsp3) is 0.263. The van der Waals surface area contributed by atoms with E-state index in [0.717, 1.165) is 4.52 Å². The fourth-order valence-electron chi connectivity index (χ4n) is 3.24. The van der Waals surface area contributed by atoms with E-state index in [4.69, 9.17) is 4.42 Å². The first-order valence-electron chi connectivity index (χ1n) is 8.88. The zero-order valence-electron chi connectivity index (χ0n) is 15.6. The van der Waals surface area contributed by atoms with E-state index in [9.17, 15) is 18.4 Å². The van der Waals surface area contributed by atoms with Gasteiger partial charge in [0.15, 0.2) is 11.2 Å². The van der Waals surface area contributed by atoms with E-state index in [1.807, 2.05) is 0 Å². The molecule has 0 bridgehead atoms. The van der Waals surface area contributed by atoms with Gasteiger partial charge in [-0.25, -0.2) is 23.1 Å². The van der Waals surface area contributed by atoms with Gasteiger partial charge in [-0.1, -0.05) is 12.1 Å². The second-order valence-electron chi connectivity index (χ2n) is 6.74. The largest absolute Gasteiger partial charge is 0.420 e. The lowest BCUT2D eigenvalue weighted by Crippen LogP contribution is -2.37. The van der Waals surface area contributed by atoms with Crippen molar-refractivity contribution in [2.75, 3.05) is 0 Å². The molecule has 0 radical (unpaired) electrons. The second-order valence-corrected chi connectivity index (χ2v) is 6.74. The highest BCUT2D eigenvalue weighted by Crippen LogP contribution is 2.21. The van der Waals surface area contributed by atoms with Crippen LogP contribution in [0.4, 0.5) is 8.78 Å². The van der Waals surface area contributed by atoms with Crippen LogP contribution >= 0.6 is 0 Å². The smallest absolute Gasteiger partial charge is 0.408 e. The Hall–Kier alpha value is -3.56. The number of carbonyl (C=O) groups is 1. The SMILES string of the molecule is Cc1cc(C(F)F)n2ncc(C(=O)N[C@H](C)Cn3c(=O)oc4ccccc43)c2n1. The van der Waals surface area contributed by atoms with Gasteiger partial charge in [0.05, 0.1) is 11.7 Å². The maximum absolute atomic E-state index is 13.2. The molecule has 3 aromatic heterocycles. The van der Waals surface area contributed by atoms with Gasteiger partial charge in [-0.15, -0.1) is 0 Å². The summed E-state index contributed by atoms with van der Waals surface area (Å²) in [5.41, 5.74) is 1.22. The molecule has 0 aliphatic carbocycles. The monoisotopic (exact) mass is 401 g/mol. The summed E-state index contributed by atoms with van der Waals surface area (Å²) < 4.78 is 34.1. The number of hydrogen-bond acceptors (Lipinski definition) is 5. The molecular weight excluding hydrogens is 384 g/mol. The minimum absolute atomic E-state index is 0.0518. The Morgan fingerprint density at radius 1 is 1.31 bits per heavy atom. The molecule has 1 aromatic carbocycles. The highest BCUT2D eigenvalue weighted by Gasteiger charge is 2.22. The normalized spacial score (nSPS) is 12.7. The summed E-state index contributed by atoms with van der Waals surface area (Å²) in [6, 6.07) is 7.75. The molecule has 0 saturated carbocycles. The van der Waals surface area contributed by atoms with Crippen molar-refractivity contribution in [3.8, 4) is 0 Å². The molecule has 3 heterocycles. The molecule has 150 valence electrons. The number of para-hydroxylation sites is 2. The fourth-order valence-corrected chi connectivity index (χ4v) is 3.24. The zero-order valence-corrected chi connectivity index (χ0v) is 15.6. The van der Waals surface area contributed by atoms with Gasteiger partial charge in [0.1, 0.15) is 11.3 Å². The zero-order chi connectivity index (χ0) is 20.7. The van der Waals surface area contributed by atoms with E-state index in [0.29, 0.717) is 16.8 Å². The van der Waals surface area contributed by atoms with Gasteiger partial charge in [-0.2, -0.15) is 5.10 Å². The number of rotatable bonds is 5. The molecule has 8 nitrogen and oxygen atoms in total. The number of oxazole rings is 1. The molecule has 29 heavy (non-hydrogen) atoms. The predicted octanol–water partition coefficient (Wildman–Crippen LogP) is 2.70. The second kappa shape index (κ2) is 7.12. The van der Waals surface area contributed by atoms with Crippen molar-refractivity contribution in [2.24, 2.45) is 0 Å². The maximum Gasteiger partial charge on any atom is 0.420 e. The van der Waals surface area contributed by atoms with Crippen molar-refractivity contribution in [2.45, 2.75) is 32.9 Å². The lowest BCUT2D eigenvalue weighted by Gasteiger charge is -2.14. The third-order valence-corrected chi connectivity index (χ3v) is 4.50. The average Bonchev–Trinajstić information content (AvgIpc) is 3.22. The molecule has 0 spiro atoms. The highest BCUT2D eigenvalue weighted by atomic mass is 19.3. The molecule has 1 N–H and O–H groups in total. The number of alkyl halides is 2. The van der Waals surface area contributed by atoms with Gasteiger partial charge >= 0.3 is 5.76 Å². The average molecular weight is 401 g/mol. The molecular formula is C19H17F2N5O3. The molecule has 0 aliphatic heterocycles. The van der Waals surface area contributed by atoms with Crippen LogP contribution < -0.4 is 11.1 Å². The summed E-state index contributed by atoms with van der Waals surface area (Å²) in [4.78, 5) is 29.0. The third-order valence-electron chi connectivity index (χ3n) is 4.50. The Balaban J connectivity index is 1.59. The Morgan fingerprint density at radius 3 is 2.83 bits per heavy atom. The molecule has 0 saturated heterocycles. The Bertz CT molecular complexity index is 1270. The van der Waals surface area contributed by atoms with Crippen molar-refractivity contribution in [1.29, 1.82) is 0 Å². The highest BCUT2D eigenvalue weighted by molar-refractivity contribution is 5.99. The summed E-state index contributed by atoms with van der Waals surface area (Å²) in [6.45, 7) is 3.47. The van der Waals surface area contributed by atoms with E-state index < -0.39 is 24.1 Å². The summed E-state index contributed by atoms with van der Waals surface area (Å²) in [7, 11) is 0. The van der Waals surface area contributed by atoms with Gasteiger partial charge in [-0.05, 0) is 32.0 Å². The Morgan fingerprint density at radius 2 is 2.07 bits per heavy atom. The number of nitrogens with zero attached hydrogens (tertiary/aromatic N) is 4. The molecule has 0 unspecified atom stereocenters. The van der Waals surface area contributed by atoms with Crippen molar-refractivity contribution in [1.82, 2.24) is 24.5 Å². The number of aromatic nitrogens is 4.